The van der Waals surface area contributed by atoms with Crippen molar-refractivity contribution in [1.29, 1.82) is 0 Å². The maximum Gasteiger partial charge on any atom is 0.257 e. The number of halogens is 2. The van der Waals surface area contributed by atoms with Gasteiger partial charge in [-0.25, -0.2) is 8.78 Å². The van der Waals surface area contributed by atoms with Crippen molar-refractivity contribution in [2.75, 3.05) is 19.7 Å². The summed E-state index contributed by atoms with van der Waals surface area (Å²) in [4.78, 5) is 14.7. The lowest BCUT2D eigenvalue weighted by Crippen LogP contribution is -2.70. The Morgan fingerprint density at radius 3 is 2.61 bits per heavy atom. The van der Waals surface area contributed by atoms with Crippen LogP contribution >= 0.6 is 0 Å². The summed E-state index contributed by atoms with van der Waals surface area (Å²) in [5, 5.41) is 2.87. The molecule has 2 heterocycles. The maximum atomic E-state index is 13.8. The average molecular weight is 322 g/mol. The molecule has 1 amide bonds. The molecule has 0 bridgehead atoms. The topological polar surface area (TPSA) is 41.6 Å². The summed E-state index contributed by atoms with van der Waals surface area (Å²) in [6, 6.07) is 3.52. The molecule has 1 aliphatic carbocycles. The molecule has 4 atom stereocenters. The highest BCUT2D eigenvalue weighted by Crippen LogP contribution is 2.43. The van der Waals surface area contributed by atoms with E-state index in [4.69, 9.17) is 4.74 Å². The van der Waals surface area contributed by atoms with Crippen LogP contribution in [-0.4, -0.2) is 48.7 Å². The monoisotopic (exact) mass is 322 g/mol. The quantitative estimate of drug-likeness (QED) is 0.925. The first kappa shape index (κ1) is 15.0. The Balaban J connectivity index is 1.53. The highest BCUT2D eigenvalue weighted by atomic mass is 19.1. The van der Waals surface area contributed by atoms with E-state index in [2.05, 4.69) is 10.2 Å². The van der Waals surface area contributed by atoms with Crippen LogP contribution in [0.5, 0.6) is 0 Å². The summed E-state index contributed by atoms with van der Waals surface area (Å²) in [6.07, 6.45) is 3.33. The molecule has 3 aliphatic rings. The molecule has 0 radical (unpaired) electrons. The number of nitrogens with one attached hydrogen (secondary N) is 1. The molecule has 1 saturated carbocycles. The summed E-state index contributed by atoms with van der Waals surface area (Å²) >= 11 is 0. The van der Waals surface area contributed by atoms with Crippen LogP contribution in [0, 0.1) is 17.6 Å². The van der Waals surface area contributed by atoms with Crippen LogP contribution in [0.2, 0.25) is 0 Å². The highest BCUT2D eigenvalue weighted by Gasteiger charge is 2.57. The normalized spacial score (nSPS) is 33.3. The van der Waals surface area contributed by atoms with Gasteiger partial charge in [0, 0.05) is 12.5 Å². The molecule has 1 aromatic carbocycles. The summed E-state index contributed by atoms with van der Waals surface area (Å²) in [5.74, 6) is -2.06. The zero-order valence-electron chi connectivity index (χ0n) is 12.8. The summed E-state index contributed by atoms with van der Waals surface area (Å²) in [7, 11) is 0. The minimum atomic E-state index is -0.821. The second-order valence-electron chi connectivity index (χ2n) is 6.62. The lowest BCUT2D eigenvalue weighted by Gasteiger charge is -2.51. The predicted octanol–water partition coefficient (Wildman–Crippen LogP) is 1.95. The zero-order valence-corrected chi connectivity index (χ0v) is 12.8. The van der Waals surface area contributed by atoms with E-state index in [9.17, 15) is 13.6 Å². The van der Waals surface area contributed by atoms with E-state index in [-0.39, 0.29) is 24.1 Å². The van der Waals surface area contributed by atoms with Crippen molar-refractivity contribution < 1.29 is 18.3 Å². The smallest absolute Gasteiger partial charge is 0.257 e. The largest absolute Gasteiger partial charge is 0.376 e. The molecule has 23 heavy (non-hydrogen) atoms. The van der Waals surface area contributed by atoms with Gasteiger partial charge in [0.15, 0.2) is 0 Å². The van der Waals surface area contributed by atoms with Gasteiger partial charge >= 0.3 is 0 Å². The molecule has 0 spiro atoms. The van der Waals surface area contributed by atoms with Crippen LogP contribution in [0.3, 0.4) is 0 Å². The van der Waals surface area contributed by atoms with E-state index < -0.39 is 23.1 Å². The van der Waals surface area contributed by atoms with Gasteiger partial charge in [-0.15, -0.1) is 0 Å². The highest BCUT2D eigenvalue weighted by molar-refractivity contribution is 5.95. The van der Waals surface area contributed by atoms with Crippen LogP contribution in [0.25, 0.3) is 0 Å². The first-order valence-corrected chi connectivity index (χ1v) is 8.27. The fourth-order valence-electron chi connectivity index (χ4n) is 4.28. The van der Waals surface area contributed by atoms with E-state index in [0.29, 0.717) is 6.61 Å². The number of fused-ring (bicyclic) bond motifs is 1. The number of carbonyl (C=O) groups is 1. The molecule has 124 valence electrons. The number of nitrogens with zero attached hydrogens (tertiary/aromatic N) is 1. The van der Waals surface area contributed by atoms with Gasteiger partial charge < -0.3 is 10.1 Å². The Kier molecular flexibility index (Phi) is 3.81. The average Bonchev–Trinajstić information content (AvgIpc) is 3.16. The number of rotatable bonds is 3. The van der Waals surface area contributed by atoms with Gasteiger partial charge in [-0.1, -0.05) is 6.07 Å². The molecule has 4 nitrogen and oxygen atoms in total. The van der Waals surface area contributed by atoms with Gasteiger partial charge in [0.1, 0.15) is 17.2 Å². The number of amides is 1. The number of hydrogen-bond acceptors (Lipinski definition) is 3. The van der Waals surface area contributed by atoms with Crippen molar-refractivity contribution in [3.05, 3.63) is 35.4 Å². The molecule has 6 heteroatoms. The van der Waals surface area contributed by atoms with Gasteiger partial charge in [-0.05, 0) is 44.5 Å². The van der Waals surface area contributed by atoms with E-state index in [1.54, 1.807) is 0 Å². The van der Waals surface area contributed by atoms with E-state index in [1.165, 1.54) is 6.07 Å². The summed E-state index contributed by atoms with van der Waals surface area (Å²) in [6.45, 7) is 2.69. The summed E-state index contributed by atoms with van der Waals surface area (Å²) < 4.78 is 33.4. The summed E-state index contributed by atoms with van der Waals surface area (Å²) in [5.41, 5.74) is -0.491. The molecule has 1 N–H and O–H groups in total. The van der Waals surface area contributed by atoms with Gasteiger partial charge in [-0.3, -0.25) is 9.69 Å². The van der Waals surface area contributed by atoms with Crippen molar-refractivity contribution in [3.8, 4) is 0 Å². The fraction of sp³-hybridized carbons (Fsp3) is 0.588. The Hall–Kier alpha value is -1.53. The van der Waals surface area contributed by atoms with Crippen LogP contribution in [0.1, 0.15) is 29.6 Å². The molecule has 2 saturated heterocycles. The Bertz CT molecular complexity index is 594. The van der Waals surface area contributed by atoms with Crippen LogP contribution in [0.15, 0.2) is 18.2 Å². The number of carbonyl (C=O) groups excluding carboxylic acids is 1. The fourth-order valence-corrected chi connectivity index (χ4v) is 4.28. The van der Waals surface area contributed by atoms with Crippen LogP contribution in [-0.2, 0) is 4.74 Å². The third kappa shape index (κ3) is 2.44. The SMILES string of the molecule is O=C(N[C@H]1[C@H]2CCO[C@H]2[C@@H]1N1CCCC1)c1c(F)cccc1F. The van der Waals surface area contributed by atoms with Crippen molar-refractivity contribution in [2.45, 2.75) is 37.5 Å². The lowest BCUT2D eigenvalue weighted by atomic mass is 9.70. The minimum Gasteiger partial charge on any atom is -0.376 e. The Labute approximate surface area is 133 Å². The van der Waals surface area contributed by atoms with E-state index in [0.717, 1.165) is 44.5 Å². The van der Waals surface area contributed by atoms with Crippen LogP contribution < -0.4 is 5.32 Å². The molecule has 4 rings (SSSR count). The molecule has 0 aromatic heterocycles. The van der Waals surface area contributed by atoms with Gasteiger partial charge in [0.25, 0.3) is 5.91 Å². The van der Waals surface area contributed by atoms with Crippen molar-refractivity contribution >= 4 is 5.91 Å². The molecule has 0 unspecified atom stereocenters. The number of benzene rings is 1. The first-order chi connectivity index (χ1) is 11.2. The van der Waals surface area contributed by atoms with Crippen molar-refractivity contribution in [2.24, 2.45) is 5.92 Å². The standard InChI is InChI=1S/C17H20F2N2O2/c18-11-4-3-5-12(19)13(11)17(22)20-14-10-6-9-23-16(10)15(14)21-7-1-2-8-21/h3-5,10,14-16H,1-2,6-9H2,(H,20,22)/t10-,14+,15-,16-/m1/s1. The number of hydrogen-bond donors (Lipinski definition) is 1. The van der Waals surface area contributed by atoms with E-state index in [1.807, 2.05) is 0 Å². The van der Waals surface area contributed by atoms with E-state index >= 15 is 0 Å². The van der Waals surface area contributed by atoms with Gasteiger partial charge in [0.05, 0.1) is 18.2 Å². The molecule has 3 fully saturated rings. The molecular formula is C17H20F2N2O2. The van der Waals surface area contributed by atoms with Crippen molar-refractivity contribution in [3.63, 3.8) is 0 Å². The second kappa shape index (κ2) is 5.83. The Morgan fingerprint density at radius 1 is 1.22 bits per heavy atom. The molecule has 1 aromatic rings. The molecule has 2 aliphatic heterocycles. The number of ether oxygens (including phenoxy) is 1. The van der Waals surface area contributed by atoms with Gasteiger partial charge in [0.2, 0.25) is 0 Å². The second-order valence-corrected chi connectivity index (χ2v) is 6.62. The lowest BCUT2D eigenvalue weighted by molar-refractivity contribution is -0.0748. The third-order valence-electron chi connectivity index (χ3n) is 5.40. The van der Waals surface area contributed by atoms with Crippen molar-refractivity contribution in [1.82, 2.24) is 10.2 Å². The molecular weight excluding hydrogens is 302 g/mol. The third-order valence-corrected chi connectivity index (χ3v) is 5.40. The number of likely N-dealkylation sites (tertiary alicyclic amines) is 1. The van der Waals surface area contributed by atoms with Crippen LogP contribution in [0.4, 0.5) is 8.78 Å². The maximum absolute atomic E-state index is 13.8. The zero-order chi connectivity index (χ0) is 16.0. The minimum absolute atomic E-state index is 0.0906. The first-order valence-electron chi connectivity index (χ1n) is 8.27. The van der Waals surface area contributed by atoms with Gasteiger partial charge in [-0.2, -0.15) is 0 Å². The predicted molar refractivity (Wildman–Crippen MR) is 80.1 cm³/mol. The Morgan fingerprint density at radius 2 is 1.91 bits per heavy atom.